The van der Waals surface area contributed by atoms with Gasteiger partial charge in [0.15, 0.2) is 0 Å². The van der Waals surface area contributed by atoms with Crippen LogP contribution in [0.1, 0.15) is 39.0 Å². The molecule has 0 heterocycles. The maximum absolute atomic E-state index is 12.6. The number of hydrogen-bond donors (Lipinski definition) is 2. The SMILES string of the molecule is CCOc1ccccc1NC(=O)C1CCC(C(=O)NCCCOC)CC1. The number of para-hydroxylation sites is 2. The monoisotopic (exact) mass is 362 g/mol. The molecule has 6 nitrogen and oxygen atoms in total. The molecule has 2 amide bonds. The van der Waals surface area contributed by atoms with Gasteiger partial charge in [0.1, 0.15) is 5.75 Å². The van der Waals surface area contributed by atoms with Crippen LogP contribution in [0.5, 0.6) is 5.75 Å². The Morgan fingerprint density at radius 3 is 2.38 bits per heavy atom. The summed E-state index contributed by atoms with van der Waals surface area (Å²) >= 11 is 0. The van der Waals surface area contributed by atoms with Crippen molar-refractivity contribution in [3.8, 4) is 5.75 Å². The molecule has 0 radical (unpaired) electrons. The zero-order valence-electron chi connectivity index (χ0n) is 15.8. The van der Waals surface area contributed by atoms with Crippen LogP contribution in [0.15, 0.2) is 24.3 Å². The van der Waals surface area contributed by atoms with Crippen LogP contribution >= 0.6 is 0 Å². The number of benzene rings is 1. The summed E-state index contributed by atoms with van der Waals surface area (Å²) in [6.07, 6.45) is 3.79. The highest BCUT2D eigenvalue weighted by molar-refractivity contribution is 5.94. The molecule has 1 aliphatic carbocycles. The Bertz CT molecular complexity index is 583. The zero-order chi connectivity index (χ0) is 18.8. The van der Waals surface area contributed by atoms with E-state index in [1.807, 2.05) is 31.2 Å². The number of anilines is 1. The van der Waals surface area contributed by atoms with E-state index in [2.05, 4.69) is 10.6 Å². The molecule has 0 spiro atoms. The molecule has 0 unspecified atom stereocenters. The van der Waals surface area contributed by atoms with Crippen LogP contribution < -0.4 is 15.4 Å². The third-order valence-electron chi connectivity index (χ3n) is 4.74. The molecule has 6 heteroatoms. The van der Waals surface area contributed by atoms with Crippen LogP contribution in [0.3, 0.4) is 0 Å². The summed E-state index contributed by atoms with van der Waals surface area (Å²) in [6, 6.07) is 7.46. The van der Waals surface area contributed by atoms with Crippen molar-refractivity contribution in [2.75, 3.05) is 32.2 Å². The molecule has 1 saturated carbocycles. The molecule has 1 aliphatic rings. The van der Waals surface area contributed by atoms with Crippen LogP contribution in [0.25, 0.3) is 0 Å². The summed E-state index contributed by atoms with van der Waals surface area (Å²) in [5.74, 6) is 0.754. The summed E-state index contributed by atoms with van der Waals surface area (Å²) in [4.78, 5) is 24.7. The minimum atomic E-state index is -0.0535. The lowest BCUT2D eigenvalue weighted by molar-refractivity contribution is -0.128. The van der Waals surface area contributed by atoms with E-state index in [4.69, 9.17) is 9.47 Å². The third kappa shape index (κ3) is 6.02. The second-order valence-corrected chi connectivity index (χ2v) is 6.60. The van der Waals surface area contributed by atoms with Crippen LogP contribution in [-0.2, 0) is 14.3 Å². The smallest absolute Gasteiger partial charge is 0.227 e. The quantitative estimate of drug-likeness (QED) is 0.662. The van der Waals surface area contributed by atoms with Crippen molar-refractivity contribution >= 4 is 17.5 Å². The van der Waals surface area contributed by atoms with Gasteiger partial charge in [0.2, 0.25) is 11.8 Å². The van der Waals surface area contributed by atoms with Gasteiger partial charge in [0, 0.05) is 32.1 Å². The van der Waals surface area contributed by atoms with Gasteiger partial charge in [0.05, 0.1) is 12.3 Å². The normalized spacial score (nSPS) is 19.6. The second kappa shape index (κ2) is 10.8. The second-order valence-electron chi connectivity index (χ2n) is 6.60. The molecule has 26 heavy (non-hydrogen) atoms. The Balaban J connectivity index is 1.78. The molecule has 1 aromatic carbocycles. The first-order valence-corrected chi connectivity index (χ1v) is 9.45. The number of hydrogen-bond acceptors (Lipinski definition) is 4. The van der Waals surface area contributed by atoms with Crippen LogP contribution in [0, 0.1) is 11.8 Å². The van der Waals surface area contributed by atoms with Gasteiger partial charge in [0.25, 0.3) is 0 Å². The van der Waals surface area contributed by atoms with Crippen molar-refractivity contribution in [1.82, 2.24) is 5.32 Å². The maximum Gasteiger partial charge on any atom is 0.227 e. The lowest BCUT2D eigenvalue weighted by Gasteiger charge is -2.27. The molecule has 2 rings (SSSR count). The minimum Gasteiger partial charge on any atom is -0.492 e. The summed E-state index contributed by atoms with van der Waals surface area (Å²) in [7, 11) is 1.65. The lowest BCUT2D eigenvalue weighted by Crippen LogP contribution is -2.36. The number of carbonyl (C=O) groups is 2. The standard InChI is InChI=1S/C20H30N2O4/c1-3-26-18-8-5-4-7-17(18)22-20(24)16-11-9-15(10-12-16)19(23)21-13-6-14-25-2/h4-5,7-8,15-16H,3,6,9-14H2,1-2H3,(H,21,23)(H,22,24). The molecule has 0 aliphatic heterocycles. The molecule has 1 fully saturated rings. The van der Waals surface area contributed by atoms with E-state index < -0.39 is 0 Å². The fourth-order valence-corrected chi connectivity index (χ4v) is 3.28. The highest BCUT2D eigenvalue weighted by Gasteiger charge is 2.30. The third-order valence-corrected chi connectivity index (χ3v) is 4.74. The van der Waals surface area contributed by atoms with Crippen molar-refractivity contribution in [1.29, 1.82) is 0 Å². The predicted molar refractivity (Wildman–Crippen MR) is 101 cm³/mol. The van der Waals surface area contributed by atoms with E-state index in [0.717, 1.165) is 32.1 Å². The van der Waals surface area contributed by atoms with Crippen molar-refractivity contribution in [3.63, 3.8) is 0 Å². The summed E-state index contributed by atoms with van der Waals surface area (Å²) in [5.41, 5.74) is 0.706. The number of rotatable bonds is 9. The Morgan fingerprint density at radius 1 is 1.08 bits per heavy atom. The van der Waals surface area contributed by atoms with Gasteiger partial charge < -0.3 is 20.1 Å². The summed E-state index contributed by atoms with van der Waals surface area (Å²) < 4.78 is 10.5. The fourth-order valence-electron chi connectivity index (χ4n) is 3.28. The van der Waals surface area contributed by atoms with E-state index in [-0.39, 0.29) is 23.7 Å². The number of ether oxygens (including phenoxy) is 2. The molecule has 0 aromatic heterocycles. The van der Waals surface area contributed by atoms with E-state index in [9.17, 15) is 9.59 Å². The molecule has 0 bridgehead atoms. The molecule has 0 saturated heterocycles. The minimum absolute atomic E-state index is 0.0103. The number of carbonyl (C=O) groups excluding carboxylic acids is 2. The lowest BCUT2D eigenvalue weighted by atomic mass is 9.81. The van der Waals surface area contributed by atoms with Gasteiger partial charge in [-0.1, -0.05) is 12.1 Å². The molecule has 144 valence electrons. The van der Waals surface area contributed by atoms with Gasteiger partial charge in [-0.3, -0.25) is 9.59 Å². The Labute approximate surface area is 155 Å². The summed E-state index contributed by atoms with van der Waals surface area (Å²) in [5, 5.41) is 5.94. The van der Waals surface area contributed by atoms with Crippen LogP contribution in [0.4, 0.5) is 5.69 Å². The van der Waals surface area contributed by atoms with Crippen LogP contribution in [0.2, 0.25) is 0 Å². The van der Waals surface area contributed by atoms with E-state index in [0.29, 0.717) is 31.2 Å². The van der Waals surface area contributed by atoms with Gasteiger partial charge in [-0.2, -0.15) is 0 Å². The molecule has 2 N–H and O–H groups in total. The first kappa shape index (κ1) is 20.2. The average Bonchev–Trinajstić information content (AvgIpc) is 2.67. The van der Waals surface area contributed by atoms with Crippen LogP contribution in [-0.4, -0.2) is 38.7 Å². The van der Waals surface area contributed by atoms with Crippen molar-refractivity contribution < 1.29 is 19.1 Å². The van der Waals surface area contributed by atoms with Gasteiger partial charge >= 0.3 is 0 Å². The Hall–Kier alpha value is -2.08. The van der Waals surface area contributed by atoms with Crippen molar-refractivity contribution in [2.45, 2.75) is 39.0 Å². The fraction of sp³-hybridized carbons (Fsp3) is 0.600. The average molecular weight is 362 g/mol. The van der Waals surface area contributed by atoms with Gasteiger partial charge in [-0.15, -0.1) is 0 Å². The summed E-state index contributed by atoms with van der Waals surface area (Å²) in [6.45, 7) is 3.76. The van der Waals surface area contributed by atoms with Crippen molar-refractivity contribution in [3.05, 3.63) is 24.3 Å². The number of nitrogens with one attached hydrogen (secondary N) is 2. The van der Waals surface area contributed by atoms with Gasteiger partial charge in [-0.05, 0) is 51.2 Å². The van der Waals surface area contributed by atoms with Crippen molar-refractivity contribution in [2.24, 2.45) is 11.8 Å². The first-order valence-electron chi connectivity index (χ1n) is 9.45. The topological polar surface area (TPSA) is 76.7 Å². The Morgan fingerprint density at radius 2 is 1.73 bits per heavy atom. The highest BCUT2D eigenvalue weighted by Crippen LogP contribution is 2.31. The highest BCUT2D eigenvalue weighted by atomic mass is 16.5. The molecular weight excluding hydrogens is 332 g/mol. The van der Waals surface area contributed by atoms with E-state index in [1.165, 1.54) is 0 Å². The number of methoxy groups -OCH3 is 1. The first-order chi connectivity index (χ1) is 12.7. The predicted octanol–water partition coefficient (Wildman–Crippen LogP) is 2.98. The van der Waals surface area contributed by atoms with E-state index >= 15 is 0 Å². The zero-order valence-corrected chi connectivity index (χ0v) is 15.8. The molecule has 1 aromatic rings. The maximum atomic E-state index is 12.6. The van der Waals surface area contributed by atoms with E-state index in [1.54, 1.807) is 7.11 Å². The van der Waals surface area contributed by atoms with Gasteiger partial charge in [-0.25, -0.2) is 0 Å². The Kier molecular flexibility index (Phi) is 8.41. The molecular formula is C20H30N2O4. The largest absolute Gasteiger partial charge is 0.492 e. The molecule has 0 atom stereocenters. The number of amides is 2.